The molecule has 2 aromatic rings. The molecular formula is C27H35N3O5S. The number of hydrogen-bond donors (Lipinski definition) is 4. The SMILES string of the molecule is Cc1ccccc1NC(=O)C(c1ccc(O)cc1)N(C(=O)C(CS)NC(=O)OC(C)(C)C)C1CCC1. The topological polar surface area (TPSA) is 108 Å². The van der Waals surface area contributed by atoms with Gasteiger partial charge in [0.15, 0.2) is 0 Å². The number of ether oxygens (including phenoxy) is 1. The highest BCUT2D eigenvalue weighted by Gasteiger charge is 2.41. The van der Waals surface area contributed by atoms with Crippen molar-refractivity contribution in [2.75, 3.05) is 11.1 Å². The standard InChI is InChI=1S/C27H35N3O5S/c1-17-8-5-6-11-21(17)28-24(32)23(18-12-14-20(31)15-13-18)30(19-9-7-10-19)25(33)22(16-36)29-26(34)35-27(2,3)4/h5-6,8,11-15,19,22-23,31,36H,7,9-10,16H2,1-4H3,(H,28,32)(H,29,34). The lowest BCUT2D eigenvalue weighted by Crippen LogP contribution is -2.57. The molecule has 0 radical (unpaired) electrons. The van der Waals surface area contributed by atoms with Gasteiger partial charge in [0, 0.05) is 17.5 Å². The van der Waals surface area contributed by atoms with E-state index in [1.165, 1.54) is 12.1 Å². The Morgan fingerprint density at radius 3 is 2.28 bits per heavy atom. The van der Waals surface area contributed by atoms with Crippen LogP contribution in [0.1, 0.15) is 57.2 Å². The van der Waals surface area contributed by atoms with Gasteiger partial charge >= 0.3 is 6.09 Å². The summed E-state index contributed by atoms with van der Waals surface area (Å²) in [5.41, 5.74) is 1.35. The highest BCUT2D eigenvalue weighted by molar-refractivity contribution is 7.80. The Hall–Kier alpha value is -3.20. The van der Waals surface area contributed by atoms with Crippen molar-refractivity contribution in [3.05, 3.63) is 59.7 Å². The van der Waals surface area contributed by atoms with Gasteiger partial charge in [0.25, 0.3) is 5.91 Å². The van der Waals surface area contributed by atoms with E-state index < -0.39 is 29.7 Å². The Kier molecular flexibility index (Phi) is 8.89. The number of phenols is 1. The third-order valence-electron chi connectivity index (χ3n) is 6.03. The second-order valence-corrected chi connectivity index (χ2v) is 10.4. The van der Waals surface area contributed by atoms with Crippen molar-refractivity contribution in [2.24, 2.45) is 0 Å². The van der Waals surface area contributed by atoms with Crippen molar-refractivity contribution in [3.63, 3.8) is 0 Å². The highest BCUT2D eigenvalue weighted by Crippen LogP contribution is 2.35. The van der Waals surface area contributed by atoms with Crippen molar-refractivity contribution in [1.82, 2.24) is 10.2 Å². The smallest absolute Gasteiger partial charge is 0.408 e. The number of benzene rings is 2. The predicted molar refractivity (Wildman–Crippen MR) is 142 cm³/mol. The number of carbonyl (C=O) groups excluding carboxylic acids is 3. The van der Waals surface area contributed by atoms with E-state index >= 15 is 0 Å². The summed E-state index contributed by atoms with van der Waals surface area (Å²) in [6, 6.07) is 11.5. The molecular weight excluding hydrogens is 478 g/mol. The molecule has 0 bridgehead atoms. The van der Waals surface area contributed by atoms with Crippen LogP contribution in [0.2, 0.25) is 0 Å². The van der Waals surface area contributed by atoms with E-state index in [9.17, 15) is 19.5 Å². The molecule has 3 rings (SSSR count). The van der Waals surface area contributed by atoms with E-state index in [1.54, 1.807) is 43.9 Å². The number of aromatic hydroxyl groups is 1. The van der Waals surface area contributed by atoms with E-state index in [4.69, 9.17) is 4.74 Å². The van der Waals surface area contributed by atoms with Crippen LogP contribution in [-0.4, -0.2) is 51.4 Å². The van der Waals surface area contributed by atoms with Gasteiger partial charge in [0.1, 0.15) is 23.4 Å². The summed E-state index contributed by atoms with van der Waals surface area (Å²) in [5.74, 6) is -0.717. The molecule has 194 valence electrons. The van der Waals surface area contributed by atoms with Gasteiger partial charge in [-0.15, -0.1) is 0 Å². The predicted octanol–water partition coefficient (Wildman–Crippen LogP) is 4.58. The van der Waals surface area contributed by atoms with Gasteiger partial charge in [-0.05, 0) is 76.3 Å². The summed E-state index contributed by atoms with van der Waals surface area (Å²) >= 11 is 4.31. The van der Waals surface area contributed by atoms with E-state index in [0.717, 1.165) is 24.8 Å². The number of anilines is 1. The number of phenolic OH excluding ortho intramolecular Hbond substituents is 1. The second-order valence-electron chi connectivity index (χ2n) is 10.0. The Morgan fingerprint density at radius 1 is 1.11 bits per heavy atom. The number of rotatable bonds is 8. The number of carbonyl (C=O) groups is 3. The van der Waals surface area contributed by atoms with Gasteiger partial charge in [-0.1, -0.05) is 30.3 Å². The van der Waals surface area contributed by atoms with Crippen LogP contribution in [0.15, 0.2) is 48.5 Å². The van der Waals surface area contributed by atoms with Crippen molar-refractivity contribution in [2.45, 2.75) is 70.7 Å². The van der Waals surface area contributed by atoms with E-state index in [-0.39, 0.29) is 23.5 Å². The molecule has 2 aromatic carbocycles. The molecule has 1 saturated carbocycles. The number of thiol groups is 1. The van der Waals surface area contributed by atoms with Gasteiger partial charge < -0.3 is 25.4 Å². The fourth-order valence-electron chi connectivity index (χ4n) is 4.01. The molecule has 0 saturated heterocycles. The van der Waals surface area contributed by atoms with Crippen LogP contribution < -0.4 is 10.6 Å². The summed E-state index contributed by atoms with van der Waals surface area (Å²) in [6.45, 7) is 7.10. The normalized spacial score (nSPS) is 15.2. The number of alkyl carbamates (subject to hydrolysis) is 1. The molecule has 0 spiro atoms. The maximum Gasteiger partial charge on any atom is 0.408 e. The quantitative estimate of drug-likeness (QED) is 0.387. The fourth-order valence-corrected chi connectivity index (χ4v) is 4.25. The Balaban J connectivity index is 1.97. The third kappa shape index (κ3) is 6.94. The largest absolute Gasteiger partial charge is 0.508 e. The summed E-state index contributed by atoms with van der Waals surface area (Å²) in [7, 11) is 0. The molecule has 36 heavy (non-hydrogen) atoms. The zero-order valence-electron chi connectivity index (χ0n) is 21.2. The summed E-state index contributed by atoms with van der Waals surface area (Å²) in [6.07, 6.45) is 1.68. The van der Waals surface area contributed by atoms with Crippen LogP contribution >= 0.6 is 12.6 Å². The first-order valence-corrected chi connectivity index (χ1v) is 12.7. The molecule has 2 unspecified atom stereocenters. The Morgan fingerprint density at radius 2 is 1.75 bits per heavy atom. The maximum absolute atomic E-state index is 13.9. The molecule has 1 aliphatic carbocycles. The zero-order valence-corrected chi connectivity index (χ0v) is 22.0. The summed E-state index contributed by atoms with van der Waals surface area (Å²) < 4.78 is 5.34. The van der Waals surface area contributed by atoms with E-state index in [1.807, 2.05) is 25.1 Å². The first-order valence-electron chi connectivity index (χ1n) is 12.1. The minimum absolute atomic E-state index is 0.0308. The lowest BCUT2D eigenvalue weighted by molar-refractivity contribution is -0.145. The van der Waals surface area contributed by atoms with E-state index in [2.05, 4.69) is 23.3 Å². The molecule has 3 amide bonds. The van der Waals surface area contributed by atoms with Crippen molar-refractivity contribution in [1.29, 1.82) is 0 Å². The monoisotopic (exact) mass is 513 g/mol. The van der Waals surface area contributed by atoms with Crippen LogP contribution in [0.3, 0.4) is 0 Å². The lowest BCUT2D eigenvalue weighted by Gasteiger charge is -2.43. The number of aryl methyl sites for hydroxylation is 1. The van der Waals surface area contributed by atoms with E-state index in [0.29, 0.717) is 11.3 Å². The molecule has 0 aromatic heterocycles. The summed E-state index contributed by atoms with van der Waals surface area (Å²) in [4.78, 5) is 41.7. The molecule has 9 heteroatoms. The fraction of sp³-hybridized carbons (Fsp3) is 0.444. The molecule has 3 N–H and O–H groups in total. The number of nitrogens with zero attached hydrogens (tertiary/aromatic N) is 1. The zero-order chi connectivity index (χ0) is 26.5. The van der Waals surface area contributed by atoms with Crippen molar-refractivity contribution >= 4 is 36.2 Å². The number of para-hydroxylation sites is 1. The first-order chi connectivity index (χ1) is 17.0. The van der Waals surface area contributed by atoms with Gasteiger partial charge in [-0.2, -0.15) is 12.6 Å². The molecule has 8 nitrogen and oxygen atoms in total. The van der Waals surface area contributed by atoms with Crippen LogP contribution in [-0.2, 0) is 14.3 Å². The number of nitrogens with one attached hydrogen (secondary N) is 2. The average molecular weight is 514 g/mol. The number of hydrogen-bond acceptors (Lipinski definition) is 6. The van der Waals surface area contributed by atoms with Crippen LogP contribution in [0, 0.1) is 6.92 Å². The van der Waals surface area contributed by atoms with Gasteiger partial charge in [0.2, 0.25) is 5.91 Å². The van der Waals surface area contributed by atoms with Crippen LogP contribution in [0.4, 0.5) is 10.5 Å². The second kappa shape index (κ2) is 11.7. The van der Waals surface area contributed by atoms with Crippen LogP contribution in [0.25, 0.3) is 0 Å². The molecule has 1 fully saturated rings. The molecule has 2 atom stereocenters. The van der Waals surface area contributed by atoms with Crippen LogP contribution in [0.5, 0.6) is 5.75 Å². The minimum Gasteiger partial charge on any atom is -0.508 e. The maximum atomic E-state index is 13.9. The van der Waals surface area contributed by atoms with Crippen molar-refractivity contribution in [3.8, 4) is 5.75 Å². The van der Waals surface area contributed by atoms with Gasteiger partial charge in [0.05, 0.1) is 0 Å². The molecule has 0 heterocycles. The Labute approximate surface area is 217 Å². The van der Waals surface area contributed by atoms with Gasteiger partial charge in [-0.3, -0.25) is 9.59 Å². The molecule has 1 aliphatic rings. The number of amides is 3. The highest BCUT2D eigenvalue weighted by atomic mass is 32.1. The molecule has 0 aliphatic heterocycles. The average Bonchev–Trinajstić information content (AvgIpc) is 2.77. The first kappa shape index (κ1) is 27.4. The van der Waals surface area contributed by atoms with Gasteiger partial charge in [-0.25, -0.2) is 4.79 Å². The van der Waals surface area contributed by atoms with Crippen molar-refractivity contribution < 1.29 is 24.2 Å². The minimum atomic E-state index is -0.991. The third-order valence-corrected chi connectivity index (χ3v) is 6.40. The summed E-state index contributed by atoms with van der Waals surface area (Å²) in [5, 5.41) is 15.4. The Bertz CT molecular complexity index is 1080. The lowest BCUT2D eigenvalue weighted by atomic mass is 9.88.